The summed E-state index contributed by atoms with van der Waals surface area (Å²) < 4.78 is 5.62. The Morgan fingerprint density at radius 1 is 1.43 bits per heavy atom. The molecule has 0 aliphatic rings. The predicted octanol–water partition coefficient (Wildman–Crippen LogP) is 2.29. The van der Waals surface area contributed by atoms with Crippen molar-refractivity contribution in [2.75, 3.05) is 7.05 Å². The molecule has 1 aromatic rings. The van der Waals surface area contributed by atoms with Gasteiger partial charge in [-0.3, -0.25) is 19.8 Å². The van der Waals surface area contributed by atoms with Crippen LogP contribution in [-0.2, 0) is 11.3 Å². The zero-order valence-corrected chi connectivity index (χ0v) is 12.6. The van der Waals surface area contributed by atoms with Gasteiger partial charge in [0.1, 0.15) is 11.8 Å². The van der Waals surface area contributed by atoms with E-state index in [4.69, 9.17) is 9.84 Å². The van der Waals surface area contributed by atoms with E-state index in [-0.39, 0.29) is 18.3 Å². The molecule has 0 amide bonds. The predicted molar refractivity (Wildman–Crippen MR) is 77.4 cm³/mol. The van der Waals surface area contributed by atoms with Gasteiger partial charge in [0, 0.05) is 24.2 Å². The molecular weight excluding hydrogens is 276 g/mol. The maximum absolute atomic E-state index is 11.0. The largest absolute Gasteiger partial charge is 0.491 e. The average Bonchev–Trinajstić information content (AvgIpc) is 2.38. The number of benzene rings is 1. The number of nitro benzene ring substituents is 1. The second-order valence-corrected chi connectivity index (χ2v) is 5.15. The standard InChI is InChI=1S/C14H20N2O5/c1-9(2)21-13-6-5-12(16(19)20)7-11(13)8-15(4)10(3)14(17)18/h5-7,9-10H,8H2,1-4H3,(H,17,18). The first-order valence-corrected chi connectivity index (χ1v) is 6.59. The van der Waals surface area contributed by atoms with Gasteiger partial charge in [0.05, 0.1) is 11.0 Å². The molecule has 0 radical (unpaired) electrons. The van der Waals surface area contributed by atoms with Crippen molar-refractivity contribution in [1.82, 2.24) is 4.90 Å². The highest BCUT2D eigenvalue weighted by Gasteiger charge is 2.20. The SMILES string of the molecule is CC(C)Oc1ccc([N+](=O)[O-])cc1CN(C)C(C)C(=O)O. The van der Waals surface area contributed by atoms with Crippen molar-refractivity contribution >= 4 is 11.7 Å². The number of non-ortho nitro benzene ring substituents is 1. The van der Waals surface area contributed by atoms with Crippen LogP contribution in [0.15, 0.2) is 18.2 Å². The molecule has 1 atom stereocenters. The van der Waals surface area contributed by atoms with Crippen LogP contribution in [0, 0.1) is 10.1 Å². The molecule has 21 heavy (non-hydrogen) atoms. The van der Waals surface area contributed by atoms with Gasteiger partial charge in [-0.15, -0.1) is 0 Å². The first kappa shape index (κ1) is 16.9. The van der Waals surface area contributed by atoms with Crippen molar-refractivity contribution in [3.63, 3.8) is 0 Å². The number of nitro groups is 1. The minimum atomic E-state index is -0.950. The summed E-state index contributed by atoms with van der Waals surface area (Å²) in [6.07, 6.45) is -0.0765. The van der Waals surface area contributed by atoms with Gasteiger partial charge in [0.25, 0.3) is 5.69 Å². The quantitative estimate of drug-likeness (QED) is 0.613. The third kappa shape index (κ3) is 4.71. The van der Waals surface area contributed by atoms with E-state index < -0.39 is 16.9 Å². The molecule has 1 N–H and O–H groups in total. The van der Waals surface area contributed by atoms with Gasteiger partial charge in [0.2, 0.25) is 0 Å². The summed E-state index contributed by atoms with van der Waals surface area (Å²) in [4.78, 5) is 23.0. The van der Waals surface area contributed by atoms with Crippen molar-refractivity contribution < 1.29 is 19.6 Å². The van der Waals surface area contributed by atoms with Crippen molar-refractivity contribution in [2.24, 2.45) is 0 Å². The van der Waals surface area contributed by atoms with Gasteiger partial charge in [0.15, 0.2) is 0 Å². The van der Waals surface area contributed by atoms with E-state index in [1.165, 1.54) is 12.1 Å². The van der Waals surface area contributed by atoms with Crippen LogP contribution in [0.1, 0.15) is 26.3 Å². The summed E-state index contributed by atoms with van der Waals surface area (Å²) in [7, 11) is 1.65. The lowest BCUT2D eigenvalue weighted by molar-refractivity contribution is -0.385. The Labute approximate surface area is 123 Å². The zero-order chi connectivity index (χ0) is 16.2. The van der Waals surface area contributed by atoms with E-state index in [0.29, 0.717) is 11.3 Å². The highest BCUT2D eigenvalue weighted by Crippen LogP contribution is 2.26. The lowest BCUT2D eigenvalue weighted by atomic mass is 10.1. The van der Waals surface area contributed by atoms with Crippen LogP contribution < -0.4 is 4.74 Å². The van der Waals surface area contributed by atoms with E-state index >= 15 is 0 Å². The Kier molecular flexibility index (Phi) is 5.66. The van der Waals surface area contributed by atoms with Crippen LogP contribution in [0.2, 0.25) is 0 Å². The van der Waals surface area contributed by atoms with E-state index in [1.54, 1.807) is 24.9 Å². The summed E-state index contributed by atoms with van der Waals surface area (Å²) in [5.41, 5.74) is 0.547. The molecule has 0 bridgehead atoms. The number of likely N-dealkylation sites (N-methyl/N-ethyl adjacent to an activating group) is 1. The van der Waals surface area contributed by atoms with Gasteiger partial charge in [-0.1, -0.05) is 0 Å². The fourth-order valence-electron chi connectivity index (χ4n) is 1.77. The van der Waals surface area contributed by atoms with Gasteiger partial charge in [-0.2, -0.15) is 0 Å². The molecule has 0 saturated carbocycles. The molecule has 0 fully saturated rings. The molecule has 1 unspecified atom stereocenters. The van der Waals surface area contributed by atoms with Crippen molar-refractivity contribution in [2.45, 2.75) is 39.5 Å². The van der Waals surface area contributed by atoms with Crippen molar-refractivity contribution in [3.05, 3.63) is 33.9 Å². The topological polar surface area (TPSA) is 92.9 Å². The number of nitrogens with zero attached hydrogens (tertiary/aromatic N) is 2. The molecule has 116 valence electrons. The average molecular weight is 296 g/mol. The summed E-state index contributed by atoms with van der Waals surface area (Å²) in [5, 5.41) is 19.9. The van der Waals surface area contributed by atoms with Crippen molar-refractivity contribution in [1.29, 1.82) is 0 Å². The number of carboxylic acid groups (broad SMARTS) is 1. The Morgan fingerprint density at radius 2 is 2.05 bits per heavy atom. The smallest absolute Gasteiger partial charge is 0.320 e. The first-order valence-electron chi connectivity index (χ1n) is 6.59. The van der Waals surface area contributed by atoms with Crippen LogP contribution in [0.4, 0.5) is 5.69 Å². The van der Waals surface area contributed by atoms with Crippen LogP contribution in [-0.4, -0.2) is 40.1 Å². The van der Waals surface area contributed by atoms with Crippen LogP contribution >= 0.6 is 0 Å². The van der Waals surface area contributed by atoms with E-state index in [0.717, 1.165) is 0 Å². The fourth-order valence-corrected chi connectivity index (χ4v) is 1.77. The molecule has 1 aromatic carbocycles. The zero-order valence-electron chi connectivity index (χ0n) is 12.6. The van der Waals surface area contributed by atoms with Gasteiger partial charge < -0.3 is 9.84 Å². The first-order chi connectivity index (χ1) is 9.72. The number of carboxylic acids is 1. The van der Waals surface area contributed by atoms with E-state index in [9.17, 15) is 14.9 Å². The number of rotatable bonds is 7. The summed E-state index contributed by atoms with van der Waals surface area (Å²) in [6, 6.07) is 3.65. The Bertz CT molecular complexity index is 530. The summed E-state index contributed by atoms with van der Waals surface area (Å²) in [6.45, 7) is 5.52. The minimum absolute atomic E-state index is 0.0440. The van der Waals surface area contributed by atoms with Crippen LogP contribution in [0.3, 0.4) is 0 Å². The number of hydrogen-bond acceptors (Lipinski definition) is 5. The third-order valence-electron chi connectivity index (χ3n) is 3.06. The molecule has 0 aliphatic carbocycles. The molecule has 0 heterocycles. The minimum Gasteiger partial charge on any atom is -0.491 e. The maximum atomic E-state index is 11.0. The lowest BCUT2D eigenvalue weighted by Crippen LogP contribution is -2.35. The summed E-state index contributed by atoms with van der Waals surface area (Å²) >= 11 is 0. The van der Waals surface area contributed by atoms with Crippen LogP contribution in [0.5, 0.6) is 5.75 Å². The molecule has 7 nitrogen and oxygen atoms in total. The monoisotopic (exact) mass is 296 g/mol. The number of carbonyl (C=O) groups is 1. The second kappa shape index (κ2) is 7.03. The molecule has 0 saturated heterocycles. The molecule has 0 aliphatic heterocycles. The fraction of sp³-hybridized carbons (Fsp3) is 0.500. The molecular formula is C14H20N2O5. The van der Waals surface area contributed by atoms with Gasteiger partial charge in [-0.25, -0.2) is 0 Å². The Balaban J connectivity index is 3.07. The maximum Gasteiger partial charge on any atom is 0.320 e. The van der Waals surface area contributed by atoms with E-state index in [1.807, 2.05) is 13.8 Å². The highest BCUT2D eigenvalue weighted by molar-refractivity contribution is 5.72. The molecule has 0 aromatic heterocycles. The molecule has 1 rings (SSSR count). The number of aliphatic carboxylic acids is 1. The van der Waals surface area contributed by atoms with E-state index in [2.05, 4.69) is 0 Å². The Hall–Kier alpha value is -2.15. The van der Waals surface area contributed by atoms with Crippen LogP contribution in [0.25, 0.3) is 0 Å². The van der Waals surface area contributed by atoms with Gasteiger partial charge >= 0.3 is 5.97 Å². The normalized spacial score (nSPS) is 12.5. The highest BCUT2D eigenvalue weighted by atomic mass is 16.6. The number of ether oxygens (including phenoxy) is 1. The van der Waals surface area contributed by atoms with Crippen molar-refractivity contribution in [3.8, 4) is 5.75 Å². The number of hydrogen-bond donors (Lipinski definition) is 1. The lowest BCUT2D eigenvalue weighted by Gasteiger charge is -2.23. The summed E-state index contributed by atoms with van der Waals surface area (Å²) in [5.74, 6) is -0.422. The van der Waals surface area contributed by atoms with Gasteiger partial charge in [-0.05, 0) is 33.9 Å². The molecule has 7 heteroatoms. The third-order valence-corrected chi connectivity index (χ3v) is 3.06. The Morgan fingerprint density at radius 3 is 2.52 bits per heavy atom. The molecule has 0 spiro atoms. The second-order valence-electron chi connectivity index (χ2n) is 5.15.